The first kappa shape index (κ1) is 18.1. The summed E-state index contributed by atoms with van der Waals surface area (Å²) in [6, 6.07) is 16.4. The highest BCUT2D eigenvalue weighted by Gasteiger charge is 2.39. The number of likely N-dealkylation sites (N-methyl/N-ethyl adjacent to an activating group) is 1. The van der Waals surface area contributed by atoms with E-state index in [0.29, 0.717) is 6.61 Å². The fraction of sp³-hybridized carbons (Fsp3) is 0.435. The van der Waals surface area contributed by atoms with Gasteiger partial charge in [-0.3, -0.25) is 0 Å². The largest absolute Gasteiger partial charge is 0.448 e. The van der Waals surface area contributed by atoms with E-state index in [1.807, 2.05) is 31.2 Å². The normalized spacial score (nSPS) is 24.2. The molecule has 2 aliphatic rings. The van der Waals surface area contributed by atoms with Crippen LogP contribution in [-0.2, 0) is 4.74 Å². The molecule has 2 aromatic carbocycles. The van der Waals surface area contributed by atoms with Crippen LogP contribution in [0.3, 0.4) is 0 Å². The Morgan fingerprint density at radius 2 is 1.70 bits per heavy atom. The summed E-state index contributed by atoms with van der Waals surface area (Å²) >= 11 is 0. The van der Waals surface area contributed by atoms with E-state index in [0.717, 1.165) is 25.7 Å². The fourth-order valence-corrected chi connectivity index (χ4v) is 4.73. The molecule has 0 bridgehead atoms. The third-order valence-corrected chi connectivity index (χ3v) is 6.22. The zero-order chi connectivity index (χ0) is 19.0. The first-order valence-electron chi connectivity index (χ1n) is 9.79. The van der Waals surface area contributed by atoms with Gasteiger partial charge in [0.2, 0.25) is 0 Å². The van der Waals surface area contributed by atoms with Gasteiger partial charge < -0.3 is 14.7 Å². The highest BCUT2D eigenvalue weighted by atomic mass is 16.6. The van der Waals surface area contributed by atoms with E-state index in [1.165, 1.54) is 22.3 Å². The average Bonchev–Trinajstić information content (AvgIpc) is 2.99. The molecular formula is C23H27NO3. The molecule has 0 aromatic heterocycles. The summed E-state index contributed by atoms with van der Waals surface area (Å²) in [5, 5.41) is 10.6. The van der Waals surface area contributed by atoms with Crippen LogP contribution >= 0.6 is 0 Å². The Balaban J connectivity index is 1.49. The number of fused-ring (bicyclic) bond motifs is 3. The van der Waals surface area contributed by atoms with Gasteiger partial charge in [-0.05, 0) is 42.0 Å². The zero-order valence-corrected chi connectivity index (χ0v) is 16.0. The molecule has 0 spiro atoms. The Morgan fingerprint density at radius 1 is 1.11 bits per heavy atom. The van der Waals surface area contributed by atoms with Crippen LogP contribution in [0.5, 0.6) is 0 Å². The molecule has 0 aliphatic heterocycles. The van der Waals surface area contributed by atoms with Crippen LogP contribution in [0.2, 0.25) is 0 Å². The molecule has 0 unspecified atom stereocenters. The lowest BCUT2D eigenvalue weighted by Crippen LogP contribution is -2.53. The van der Waals surface area contributed by atoms with E-state index in [9.17, 15) is 9.90 Å². The monoisotopic (exact) mass is 365 g/mol. The van der Waals surface area contributed by atoms with E-state index < -0.39 is 5.60 Å². The maximum Gasteiger partial charge on any atom is 0.409 e. The first-order chi connectivity index (χ1) is 13.0. The molecule has 4 rings (SSSR count). The minimum absolute atomic E-state index is 0.0571. The lowest BCUT2D eigenvalue weighted by molar-refractivity contribution is -0.0499. The number of carbonyl (C=O) groups is 1. The van der Waals surface area contributed by atoms with Gasteiger partial charge in [-0.25, -0.2) is 4.79 Å². The highest BCUT2D eigenvalue weighted by Crippen LogP contribution is 2.44. The fourth-order valence-electron chi connectivity index (χ4n) is 4.73. The molecule has 2 atom stereocenters. The standard InChI is InChI=1S/C23H27NO3/c1-23(26)14-8-7-13-21(23)24(2)22(25)27-15-20-18-11-5-3-9-16(18)17-10-4-6-12-19(17)20/h3-6,9-12,20-21,26H,7-8,13-15H2,1-2H3/t21-,23-/m1/s1. The van der Waals surface area contributed by atoms with Crippen LogP contribution in [0.25, 0.3) is 11.1 Å². The minimum atomic E-state index is -0.849. The highest BCUT2D eigenvalue weighted by molar-refractivity contribution is 5.79. The molecule has 1 N–H and O–H groups in total. The SMILES string of the molecule is CN(C(=O)OCC1c2ccccc2-c2ccccc21)[C@@H]1CCCC[C@@]1(C)O. The van der Waals surface area contributed by atoms with Crippen molar-refractivity contribution in [3.05, 3.63) is 59.7 Å². The summed E-state index contributed by atoms with van der Waals surface area (Å²) in [5.74, 6) is 0.0571. The topological polar surface area (TPSA) is 49.8 Å². The van der Waals surface area contributed by atoms with E-state index in [4.69, 9.17) is 4.74 Å². The second-order valence-electron chi connectivity index (χ2n) is 8.03. The number of aliphatic hydroxyl groups is 1. The van der Waals surface area contributed by atoms with Gasteiger partial charge in [0.1, 0.15) is 6.61 Å². The Bertz CT molecular complexity index is 800. The van der Waals surface area contributed by atoms with Crippen molar-refractivity contribution < 1.29 is 14.6 Å². The van der Waals surface area contributed by atoms with Gasteiger partial charge in [0.25, 0.3) is 0 Å². The van der Waals surface area contributed by atoms with Crippen molar-refractivity contribution in [3.8, 4) is 11.1 Å². The molecule has 2 aromatic rings. The predicted octanol–water partition coefficient (Wildman–Crippen LogP) is 4.56. The van der Waals surface area contributed by atoms with E-state index in [-0.39, 0.29) is 18.1 Å². The van der Waals surface area contributed by atoms with Crippen LogP contribution in [0, 0.1) is 0 Å². The minimum Gasteiger partial charge on any atom is -0.448 e. The number of benzene rings is 2. The number of amides is 1. The number of carbonyl (C=O) groups excluding carboxylic acids is 1. The second kappa shape index (κ2) is 7.01. The number of nitrogens with zero attached hydrogens (tertiary/aromatic N) is 1. The Hall–Kier alpha value is -2.33. The van der Waals surface area contributed by atoms with Gasteiger partial charge >= 0.3 is 6.09 Å². The quantitative estimate of drug-likeness (QED) is 0.867. The summed E-state index contributed by atoms with van der Waals surface area (Å²) in [4.78, 5) is 14.3. The molecule has 142 valence electrons. The second-order valence-corrected chi connectivity index (χ2v) is 8.03. The molecule has 0 radical (unpaired) electrons. The maximum absolute atomic E-state index is 12.7. The van der Waals surface area contributed by atoms with Gasteiger partial charge in [-0.15, -0.1) is 0 Å². The smallest absolute Gasteiger partial charge is 0.409 e. The van der Waals surface area contributed by atoms with Gasteiger partial charge in [-0.2, -0.15) is 0 Å². The molecule has 1 amide bonds. The number of hydrogen-bond donors (Lipinski definition) is 1. The zero-order valence-electron chi connectivity index (χ0n) is 16.0. The summed E-state index contributed by atoms with van der Waals surface area (Å²) in [6.07, 6.45) is 3.21. The van der Waals surface area contributed by atoms with E-state index in [2.05, 4.69) is 24.3 Å². The van der Waals surface area contributed by atoms with Gasteiger partial charge in [0.05, 0.1) is 11.6 Å². The van der Waals surface area contributed by atoms with Crippen molar-refractivity contribution in [1.29, 1.82) is 0 Å². The molecule has 0 saturated heterocycles. The molecule has 27 heavy (non-hydrogen) atoms. The number of hydrogen-bond acceptors (Lipinski definition) is 3. The predicted molar refractivity (Wildman–Crippen MR) is 106 cm³/mol. The van der Waals surface area contributed by atoms with Crippen LogP contribution < -0.4 is 0 Å². The number of ether oxygens (including phenoxy) is 1. The molecule has 2 aliphatic carbocycles. The Kier molecular flexibility index (Phi) is 4.68. The van der Waals surface area contributed by atoms with Crippen LogP contribution in [0.15, 0.2) is 48.5 Å². The lowest BCUT2D eigenvalue weighted by Gasteiger charge is -2.41. The Morgan fingerprint density at radius 3 is 2.30 bits per heavy atom. The van der Waals surface area contributed by atoms with E-state index >= 15 is 0 Å². The molecule has 0 heterocycles. The van der Waals surface area contributed by atoms with Crippen molar-refractivity contribution in [2.24, 2.45) is 0 Å². The molecular weight excluding hydrogens is 338 g/mol. The van der Waals surface area contributed by atoms with Crippen molar-refractivity contribution in [2.45, 2.75) is 50.2 Å². The van der Waals surface area contributed by atoms with Crippen molar-refractivity contribution in [1.82, 2.24) is 4.90 Å². The Labute approximate surface area is 160 Å². The van der Waals surface area contributed by atoms with Crippen LogP contribution in [0.4, 0.5) is 4.79 Å². The van der Waals surface area contributed by atoms with Gasteiger partial charge in [0, 0.05) is 13.0 Å². The molecule has 4 heteroatoms. The average molecular weight is 365 g/mol. The molecule has 1 saturated carbocycles. The summed E-state index contributed by atoms with van der Waals surface area (Å²) in [6.45, 7) is 2.14. The molecule has 1 fully saturated rings. The van der Waals surface area contributed by atoms with Crippen molar-refractivity contribution in [2.75, 3.05) is 13.7 Å². The van der Waals surface area contributed by atoms with Gasteiger partial charge in [-0.1, -0.05) is 61.4 Å². The lowest BCUT2D eigenvalue weighted by atomic mass is 9.81. The van der Waals surface area contributed by atoms with Gasteiger partial charge in [0.15, 0.2) is 0 Å². The summed E-state index contributed by atoms with van der Waals surface area (Å²) in [5.41, 5.74) is 4.01. The third-order valence-electron chi connectivity index (χ3n) is 6.22. The third kappa shape index (κ3) is 3.23. The van der Waals surface area contributed by atoms with Crippen molar-refractivity contribution >= 4 is 6.09 Å². The molecule has 4 nitrogen and oxygen atoms in total. The number of rotatable bonds is 3. The summed E-state index contributed by atoms with van der Waals surface area (Å²) in [7, 11) is 1.74. The van der Waals surface area contributed by atoms with Crippen LogP contribution in [-0.4, -0.2) is 41.4 Å². The summed E-state index contributed by atoms with van der Waals surface area (Å²) < 4.78 is 5.72. The maximum atomic E-state index is 12.7. The van der Waals surface area contributed by atoms with Crippen molar-refractivity contribution in [3.63, 3.8) is 0 Å². The van der Waals surface area contributed by atoms with E-state index in [1.54, 1.807) is 11.9 Å². The van der Waals surface area contributed by atoms with Crippen LogP contribution in [0.1, 0.15) is 49.7 Å². The first-order valence-corrected chi connectivity index (χ1v) is 9.79.